The Morgan fingerprint density at radius 1 is 0.273 bits per heavy atom. The Labute approximate surface area is 473 Å². The molecule has 432 valence electrons. The molecule has 1 unspecified atom stereocenters. The molecule has 0 N–H and O–H groups in total. The van der Waals surface area contributed by atoms with E-state index in [2.05, 4.69) is 167 Å². The first-order chi connectivity index (χ1) is 38.0. The minimum absolute atomic E-state index is 0.0819. The molecule has 0 aromatic heterocycles. The first-order valence-electron chi connectivity index (χ1n) is 31.0. The van der Waals surface area contributed by atoms with Crippen molar-refractivity contribution in [2.75, 3.05) is 13.2 Å². The zero-order chi connectivity index (χ0) is 55.7. The maximum absolute atomic E-state index is 12.8. The predicted molar refractivity (Wildman–Crippen MR) is 334 cm³/mol. The second-order valence-corrected chi connectivity index (χ2v) is 19.8. The van der Waals surface area contributed by atoms with Gasteiger partial charge in [0, 0.05) is 12.8 Å². The number of ether oxygens (including phenoxy) is 3. The van der Waals surface area contributed by atoms with Gasteiger partial charge < -0.3 is 14.2 Å². The van der Waals surface area contributed by atoms with Gasteiger partial charge in [-0.3, -0.25) is 14.4 Å². The summed E-state index contributed by atoms with van der Waals surface area (Å²) in [6, 6.07) is 0. The maximum atomic E-state index is 12.8. The van der Waals surface area contributed by atoms with Gasteiger partial charge in [0.15, 0.2) is 6.10 Å². The maximum Gasteiger partial charge on any atom is 0.310 e. The third kappa shape index (κ3) is 61.8. The highest BCUT2D eigenvalue weighted by Gasteiger charge is 2.19. The summed E-state index contributed by atoms with van der Waals surface area (Å²) in [5.74, 6) is -1.11. The number of unbranched alkanes of at least 4 members (excludes halogenated alkanes) is 18. The van der Waals surface area contributed by atoms with E-state index in [0.717, 1.165) is 109 Å². The summed E-state index contributed by atoms with van der Waals surface area (Å²) in [6.45, 7) is 6.17. The Balaban J connectivity index is 4.37. The summed E-state index contributed by atoms with van der Waals surface area (Å²) < 4.78 is 16.7. The van der Waals surface area contributed by atoms with Crippen LogP contribution in [0.2, 0.25) is 0 Å². The van der Waals surface area contributed by atoms with Crippen molar-refractivity contribution in [3.63, 3.8) is 0 Å². The summed E-state index contributed by atoms with van der Waals surface area (Å²) in [5.41, 5.74) is 0. The lowest BCUT2D eigenvalue weighted by atomic mass is 10.0. The van der Waals surface area contributed by atoms with E-state index < -0.39 is 12.1 Å². The molecule has 0 aliphatic rings. The average molecular weight is 1060 g/mol. The molecule has 0 fully saturated rings. The molecule has 0 heterocycles. The largest absolute Gasteiger partial charge is 0.462 e. The lowest BCUT2D eigenvalue weighted by molar-refractivity contribution is -0.166. The van der Waals surface area contributed by atoms with Crippen LogP contribution in [0.5, 0.6) is 0 Å². The first kappa shape index (κ1) is 72.0. The Hall–Kier alpha value is -4.97. The Kier molecular flexibility index (Phi) is 59.5. The van der Waals surface area contributed by atoms with E-state index in [-0.39, 0.29) is 38.0 Å². The lowest BCUT2D eigenvalue weighted by Crippen LogP contribution is -2.30. The summed E-state index contributed by atoms with van der Waals surface area (Å²) in [5, 5.41) is 0. The molecule has 77 heavy (non-hydrogen) atoms. The Morgan fingerprint density at radius 2 is 0.506 bits per heavy atom. The topological polar surface area (TPSA) is 78.9 Å². The van der Waals surface area contributed by atoms with Crippen molar-refractivity contribution in [2.45, 2.75) is 258 Å². The quantitative estimate of drug-likeness (QED) is 0.0261. The van der Waals surface area contributed by atoms with Gasteiger partial charge in [-0.25, -0.2) is 0 Å². The molecule has 0 spiro atoms. The number of carbonyl (C=O) groups excluding carboxylic acids is 3. The van der Waals surface area contributed by atoms with Crippen LogP contribution in [0.4, 0.5) is 0 Å². The molecule has 0 radical (unpaired) electrons. The fourth-order valence-electron chi connectivity index (χ4n) is 8.03. The van der Waals surface area contributed by atoms with Gasteiger partial charge in [-0.1, -0.05) is 269 Å². The van der Waals surface area contributed by atoms with Crippen LogP contribution in [0.3, 0.4) is 0 Å². The molecule has 6 heteroatoms. The molecular weight excluding hydrogens is 949 g/mol. The highest BCUT2D eigenvalue weighted by atomic mass is 16.6. The SMILES string of the molecule is CC/C=C\C/C=C\C/C=C\C/C=C\C/C=C\CC(=O)OC(COC(=O)CCCC/C=C\C/C=C\C/C=C\C/C=C\CC)COC(=O)CCCCCCCCCCCCCCCCCC/C=C\C/C=C\C/C=C\C/C=C\CC. The van der Waals surface area contributed by atoms with Crippen LogP contribution >= 0.6 is 0 Å². The van der Waals surface area contributed by atoms with Crippen LogP contribution in [0, 0.1) is 0 Å². The smallest absolute Gasteiger partial charge is 0.310 e. The van der Waals surface area contributed by atoms with Gasteiger partial charge >= 0.3 is 17.9 Å². The second kappa shape index (κ2) is 63.6. The van der Waals surface area contributed by atoms with Crippen LogP contribution in [-0.2, 0) is 28.6 Å². The van der Waals surface area contributed by atoms with Gasteiger partial charge in [-0.15, -0.1) is 0 Å². The van der Waals surface area contributed by atoms with E-state index in [1.807, 2.05) is 6.08 Å². The molecule has 0 aromatic carbocycles. The predicted octanol–water partition coefficient (Wildman–Crippen LogP) is 21.3. The van der Waals surface area contributed by atoms with E-state index in [1.54, 1.807) is 6.08 Å². The zero-order valence-corrected chi connectivity index (χ0v) is 49.4. The minimum Gasteiger partial charge on any atom is -0.462 e. The third-order valence-corrected chi connectivity index (χ3v) is 12.5. The van der Waals surface area contributed by atoms with E-state index in [4.69, 9.17) is 14.2 Å². The second-order valence-electron chi connectivity index (χ2n) is 19.8. The molecule has 0 aliphatic heterocycles. The molecule has 1 atom stereocenters. The molecule has 0 saturated carbocycles. The monoisotopic (exact) mass is 1060 g/mol. The number of hydrogen-bond acceptors (Lipinski definition) is 6. The number of hydrogen-bond donors (Lipinski definition) is 0. The van der Waals surface area contributed by atoms with Crippen molar-refractivity contribution in [3.05, 3.63) is 158 Å². The molecule has 0 aromatic rings. The van der Waals surface area contributed by atoms with Gasteiger partial charge in [0.1, 0.15) is 13.2 Å². The van der Waals surface area contributed by atoms with Crippen molar-refractivity contribution in [1.29, 1.82) is 0 Å². The van der Waals surface area contributed by atoms with Crippen molar-refractivity contribution < 1.29 is 28.6 Å². The molecule has 0 saturated heterocycles. The highest BCUT2D eigenvalue weighted by molar-refractivity contribution is 5.72. The normalized spacial score (nSPS) is 13.2. The van der Waals surface area contributed by atoms with E-state index in [1.165, 1.54) is 89.9 Å². The highest BCUT2D eigenvalue weighted by Crippen LogP contribution is 2.15. The van der Waals surface area contributed by atoms with Crippen molar-refractivity contribution >= 4 is 17.9 Å². The number of esters is 3. The van der Waals surface area contributed by atoms with Crippen molar-refractivity contribution in [1.82, 2.24) is 0 Å². The number of allylic oxidation sites excluding steroid dienone is 25. The average Bonchev–Trinajstić information content (AvgIpc) is 3.43. The minimum atomic E-state index is -0.856. The van der Waals surface area contributed by atoms with Gasteiger partial charge in [0.2, 0.25) is 0 Å². The van der Waals surface area contributed by atoms with E-state index >= 15 is 0 Å². The fourth-order valence-corrected chi connectivity index (χ4v) is 8.03. The zero-order valence-electron chi connectivity index (χ0n) is 49.4. The van der Waals surface area contributed by atoms with Crippen LogP contribution in [0.25, 0.3) is 0 Å². The Bertz CT molecular complexity index is 1740. The van der Waals surface area contributed by atoms with E-state index in [9.17, 15) is 14.4 Å². The van der Waals surface area contributed by atoms with Crippen LogP contribution in [0.15, 0.2) is 158 Å². The van der Waals surface area contributed by atoms with Crippen molar-refractivity contribution in [2.24, 2.45) is 0 Å². The molecular formula is C71H112O6. The number of rotatable bonds is 54. The Morgan fingerprint density at radius 3 is 0.818 bits per heavy atom. The molecule has 6 nitrogen and oxygen atoms in total. The van der Waals surface area contributed by atoms with Gasteiger partial charge in [0.25, 0.3) is 0 Å². The summed E-state index contributed by atoms with van der Waals surface area (Å²) >= 11 is 0. The van der Waals surface area contributed by atoms with E-state index in [0.29, 0.717) is 19.3 Å². The summed E-state index contributed by atoms with van der Waals surface area (Å²) in [7, 11) is 0. The van der Waals surface area contributed by atoms with Gasteiger partial charge in [0.05, 0.1) is 6.42 Å². The first-order valence-corrected chi connectivity index (χ1v) is 31.0. The van der Waals surface area contributed by atoms with Crippen LogP contribution in [0.1, 0.15) is 252 Å². The fraction of sp³-hybridized carbons (Fsp3) is 0.592. The van der Waals surface area contributed by atoms with Crippen LogP contribution in [-0.4, -0.2) is 37.2 Å². The lowest BCUT2D eigenvalue weighted by Gasteiger charge is -2.18. The van der Waals surface area contributed by atoms with Gasteiger partial charge in [-0.2, -0.15) is 0 Å². The van der Waals surface area contributed by atoms with Gasteiger partial charge in [-0.05, 0) is 122 Å². The summed E-state index contributed by atoms with van der Waals surface area (Å²) in [6.07, 6.45) is 92.9. The van der Waals surface area contributed by atoms with Crippen LogP contribution < -0.4 is 0 Å². The molecule has 0 rings (SSSR count). The molecule has 0 amide bonds. The molecule has 0 bridgehead atoms. The summed E-state index contributed by atoms with van der Waals surface area (Å²) in [4.78, 5) is 38.2. The standard InChI is InChI=1S/C71H112O6/c1-4-7-10-13-16-19-22-25-28-29-30-31-32-33-34-35-36-37-38-39-40-41-44-46-49-52-55-58-61-64-70(73)76-67-68(77-71(74)65-62-59-56-53-50-47-43-27-24-21-18-15-12-9-6-3)66-75-69(72)63-60-57-54-51-48-45-42-26-23-20-17-14-11-8-5-2/h7-12,16-21,25-28,30-31,42-43,48,50-51,53,59,62,68H,4-6,13-15,22-24,29,32-41,44-47,49,52,54-58,60-61,63-67H2,1-3H3/b10-7-,11-8-,12-9-,19-16-,20-17-,21-18-,28-25-,31-30-,42-26-,43-27-,51-48-,53-50-,62-59-. The number of carbonyl (C=O) groups is 3. The van der Waals surface area contributed by atoms with Crippen molar-refractivity contribution in [3.8, 4) is 0 Å². The molecule has 0 aliphatic carbocycles. The third-order valence-electron chi connectivity index (χ3n) is 12.5.